The van der Waals surface area contributed by atoms with Gasteiger partial charge in [-0.2, -0.15) is 0 Å². The minimum Gasteiger partial charge on any atom is -0.309 e. The molecular weight excluding hydrogens is 1160 g/mol. The van der Waals surface area contributed by atoms with E-state index in [1.54, 1.807) is 0 Å². The quantitative estimate of drug-likeness (QED) is 0.146. The Morgan fingerprint density at radius 2 is 0.570 bits per heavy atom. The number of hydrogen-bond donors (Lipinski definition) is 0. The molecule has 0 spiro atoms. The van der Waals surface area contributed by atoms with E-state index in [0.717, 1.165) is 0 Å². The van der Waals surface area contributed by atoms with Gasteiger partial charge in [-0.25, -0.2) is 0 Å². The highest BCUT2D eigenvalue weighted by atomic mass is 32.1. The summed E-state index contributed by atoms with van der Waals surface area (Å²) in [5.74, 6) is 0. The van der Waals surface area contributed by atoms with Gasteiger partial charge in [-0.3, -0.25) is 0 Å². The SMILES string of the molecule is CC(C)(C)c1ccc(-c2c3ccccc3c(-c3ccc(-c4cccc5c4sc4ccccc45)cc3)c3ccccc23)cc1.CC(C)(C)c1ccc(-c2c3ccccc3c(-c3ccc4c(c3)sc3cc(-n5c6ccccc6c6ccccc65)ccc34)c3ccccc23)cc1. The summed E-state index contributed by atoms with van der Waals surface area (Å²) in [5.41, 5.74) is 19.4. The Labute approximate surface area is 550 Å². The molecule has 0 unspecified atom stereocenters. The van der Waals surface area contributed by atoms with Crippen LogP contribution in [0.25, 0.3) is 167 Å². The zero-order valence-electron chi connectivity index (χ0n) is 53.1. The highest BCUT2D eigenvalue weighted by molar-refractivity contribution is 7.26. The first-order valence-corrected chi connectivity index (χ1v) is 34.1. The molecule has 18 aromatic rings. The first-order valence-electron chi connectivity index (χ1n) is 32.5. The molecule has 444 valence electrons. The van der Waals surface area contributed by atoms with E-state index in [9.17, 15) is 0 Å². The van der Waals surface area contributed by atoms with Gasteiger partial charge in [-0.1, -0.05) is 302 Å². The van der Waals surface area contributed by atoms with E-state index in [0.29, 0.717) is 0 Å². The van der Waals surface area contributed by atoms with Crippen LogP contribution in [0.4, 0.5) is 0 Å². The maximum absolute atomic E-state index is 2.42. The van der Waals surface area contributed by atoms with Gasteiger partial charge < -0.3 is 4.57 Å². The summed E-state index contributed by atoms with van der Waals surface area (Å²) in [6, 6.07) is 110. The van der Waals surface area contributed by atoms with Crippen molar-refractivity contribution >= 4 is 128 Å². The lowest BCUT2D eigenvalue weighted by Crippen LogP contribution is -2.10. The summed E-state index contributed by atoms with van der Waals surface area (Å²) in [7, 11) is 0. The van der Waals surface area contributed by atoms with E-state index in [-0.39, 0.29) is 10.8 Å². The molecule has 0 N–H and O–H groups in total. The summed E-state index contributed by atoms with van der Waals surface area (Å²) < 4.78 is 7.73. The molecule has 0 aliphatic carbocycles. The molecule has 93 heavy (non-hydrogen) atoms. The smallest absolute Gasteiger partial charge is 0.0541 e. The number of fused-ring (bicyclic) bond motifs is 13. The Balaban J connectivity index is 0.000000144. The second-order valence-corrected chi connectivity index (χ2v) is 29.2. The maximum Gasteiger partial charge on any atom is 0.0541 e. The zero-order chi connectivity index (χ0) is 62.7. The van der Waals surface area contributed by atoms with Gasteiger partial charge in [0.2, 0.25) is 0 Å². The molecule has 15 aromatic carbocycles. The molecule has 0 aliphatic heterocycles. The third-order valence-electron chi connectivity index (χ3n) is 19.4. The fourth-order valence-electron chi connectivity index (χ4n) is 14.8. The van der Waals surface area contributed by atoms with E-state index in [2.05, 4.69) is 343 Å². The fraction of sp³-hybridized carbons (Fsp3) is 0.0889. The first-order chi connectivity index (χ1) is 45.4. The van der Waals surface area contributed by atoms with Crippen molar-refractivity contribution in [1.29, 1.82) is 0 Å². The normalized spacial score (nSPS) is 12.2. The Morgan fingerprint density at radius 3 is 1.02 bits per heavy atom. The molecule has 18 rings (SSSR count). The van der Waals surface area contributed by atoms with Crippen molar-refractivity contribution in [3.8, 4) is 61.3 Å². The number of benzene rings is 15. The Morgan fingerprint density at radius 1 is 0.237 bits per heavy atom. The molecule has 3 heteroatoms. The van der Waals surface area contributed by atoms with Crippen LogP contribution in [0.15, 0.2) is 297 Å². The van der Waals surface area contributed by atoms with Gasteiger partial charge in [0.15, 0.2) is 0 Å². The van der Waals surface area contributed by atoms with Gasteiger partial charge in [0.05, 0.1) is 11.0 Å². The minimum atomic E-state index is 0.115. The molecule has 0 atom stereocenters. The molecule has 0 saturated heterocycles. The molecule has 3 aromatic heterocycles. The van der Waals surface area contributed by atoms with Crippen LogP contribution in [0, 0.1) is 0 Å². The van der Waals surface area contributed by atoms with E-state index >= 15 is 0 Å². The van der Waals surface area contributed by atoms with Gasteiger partial charge in [0.1, 0.15) is 0 Å². The lowest BCUT2D eigenvalue weighted by molar-refractivity contribution is 0.590. The highest BCUT2D eigenvalue weighted by Crippen LogP contribution is 2.49. The number of aromatic nitrogens is 1. The Hall–Kier alpha value is -10.4. The predicted octanol–water partition coefficient (Wildman–Crippen LogP) is 26.7. The van der Waals surface area contributed by atoms with Gasteiger partial charge in [-0.05, 0) is 157 Å². The van der Waals surface area contributed by atoms with Crippen LogP contribution in [-0.2, 0) is 10.8 Å². The summed E-state index contributed by atoms with van der Waals surface area (Å²) >= 11 is 3.78. The Bertz CT molecular complexity index is 5810. The van der Waals surface area contributed by atoms with Crippen molar-refractivity contribution in [2.75, 3.05) is 0 Å². The second kappa shape index (κ2) is 22.2. The van der Waals surface area contributed by atoms with Crippen LogP contribution in [0.1, 0.15) is 52.7 Å². The minimum absolute atomic E-state index is 0.115. The van der Waals surface area contributed by atoms with E-state index in [1.165, 1.54) is 178 Å². The van der Waals surface area contributed by atoms with Crippen LogP contribution in [0.5, 0.6) is 0 Å². The largest absolute Gasteiger partial charge is 0.309 e. The molecule has 0 saturated carbocycles. The van der Waals surface area contributed by atoms with E-state index < -0.39 is 0 Å². The number of hydrogen-bond acceptors (Lipinski definition) is 2. The van der Waals surface area contributed by atoms with E-state index in [4.69, 9.17) is 0 Å². The number of nitrogens with zero attached hydrogens (tertiary/aromatic N) is 1. The third-order valence-corrected chi connectivity index (χ3v) is 21.8. The molecule has 0 bridgehead atoms. The first kappa shape index (κ1) is 56.6. The van der Waals surface area contributed by atoms with Crippen molar-refractivity contribution in [2.24, 2.45) is 0 Å². The predicted molar refractivity (Wildman–Crippen MR) is 408 cm³/mol. The van der Waals surface area contributed by atoms with E-state index in [1.807, 2.05) is 22.7 Å². The number of para-hydroxylation sites is 2. The van der Waals surface area contributed by atoms with Crippen LogP contribution < -0.4 is 0 Å². The van der Waals surface area contributed by atoms with Crippen molar-refractivity contribution in [1.82, 2.24) is 4.57 Å². The Kier molecular flexibility index (Phi) is 13.5. The molecule has 0 aliphatic rings. The third kappa shape index (κ3) is 9.55. The van der Waals surface area contributed by atoms with Crippen LogP contribution >= 0.6 is 22.7 Å². The highest BCUT2D eigenvalue weighted by Gasteiger charge is 2.23. The molecule has 1 nitrogen and oxygen atoms in total. The van der Waals surface area contributed by atoms with Crippen LogP contribution in [0.3, 0.4) is 0 Å². The van der Waals surface area contributed by atoms with Crippen LogP contribution in [0.2, 0.25) is 0 Å². The molecular formula is C90H67NS2. The maximum atomic E-state index is 2.42. The van der Waals surface area contributed by atoms with Crippen LogP contribution in [-0.4, -0.2) is 4.57 Å². The van der Waals surface area contributed by atoms with Crippen molar-refractivity contribution in [2.45, 2.75) is 52.4 Å². The summed E-state index contributed by atoms with van der Waals surface area (Å²) in [4.78, 5) is 0. The molecule has 0 radical (unpaired) electrons. The van der Waals surface area contributed by atoms with Crippen molar-refractivity contribution in [3.05, 3.63) is 308 Å². The van der Waals surface area contributed by atoms with Gasteiger partial charge >= 0.3 is 0 Å². The average molecular weight is 1230 g/mol. The summed E-state index contributed by atoms with van der Waals surface area (Å²) in [5, 5.41) is 18.2. The molecule has 0 amide bonds. The average Bonchev–Trinajstić information content (AvgIpc) is 0.939. The number of rotatable bonds is 6. The van der Waals surface area contributed by atoms with Gasteiger partial charge in [0.25, 0.3) is 0 Å². The number of thiophene rings is 2. The fourth-order valence-corrected chi connectivity index (χ4v) is 17.2. The lowest BCUT2D eigenvalue weighted by Gasteiger charge is -2.21. The zero-order valence-corrected chi connectivity index (χ0v) is 54.7. The summed E-state index contributed by atoms with van der Waals surface area (Å²) in [6.07, 6.45) is 0. The summed E-state index contributed by atoms with van der Waals surface area (Å²) in [6.45, 7) is 13.7. The second-order valence-electron chi connectivity index (χ2n) is 27.1. The molecule has 0 fully saturated rings. The van der Waals surface area contributed by atoms with Gasteiger partial charge in [-0.15, -0.1) is 22.7 Å². The van der Waals surface area contributed by atoms with Crippen molar-refractivity contribution < 1.29 is 0 Å². The monoisotopic (exact) mass is 1230 g/mol. The van der Waals surface area contributed by atoms with Gasteiger partial charge in [0, 0.05) is 56.8 Å². The molecule has 3 heterocycles. The van der Waals surface area contributed by atoms with Crippen molar-refractivity contribution in [3.63, 3.8) is 0 Å². The lowest BCUT2D eigenvalue weighted by atomic mass is 9.83. The topological polar surface area (TPSA) is 4.93 Å². The standard InChI is InChI=1S/C48H35NS.C42H32S/c1-48(2,3)32-23-20-30(21-24-32)46-38-14-4-6-16-40(38)47(41-17-7-5-15-39(41)46)31-22-26-36-37-27-25-33(29-45(37)50-44(36)28-31)49-42-18-10-8-12-34(42)35-13-9-11-19-43(35)49;1-42(2,3)30-25-23-29(24-26-30)40-35-14-6-4-12-33(35)39(34-13-5-7-15-36(34)40)28-21-19-27(20-22-28)31-16-10-17-37-32-11-8-9-18-38(32)43-41(31)37/h4-29H,1-3H3;4-26H,1-3H3.